The predicted octanol–water partition coefficient (Wildman–Crippen LogP) is 5.92. The number of rotatable bonds is 6. The van der Waals surface area contributed by atoms with E-state index >= 15 is 0 Å². The van der Waals surface area contributed by atoms with Gasteiger partial charge in [-0.15, -0.1) is 0 Å². The largest absolute Gasteiger partial charge is 0.457 e. The molecule has 0 bridgehead atoms. The van der Waals surface area contributed by atoms with E-state index in [-0.39, 0.29) is 11.6 Å². The Morgan fingerprint density at radius 3 is 2.22 bits per heavy atom. The molecule has 2 aliphatic heterocycles. The molecule has 0 aliphatic carbocycles. The van der Waals surface area contributed by atoms with Crippen LogP contribution in [0.1, 0.15) is 29.7 Å². The summed E-state index contributed by atoms with van der Waals surface area (Å²) >= 11 is 0. The summed E-state index contributed by atoms with van der Waals surface area (Å²) in [5.74, 6) is 2.23. The van der Waals surface area contributed by atoms with Crippen molar-refractivity contribution in [3.05, 3.63) is 107 Å². The Hall–Kier alpha value is -4.65. The number of aliphatic imine (C=N–C) groups is 1. The molecule has 1 saturated heterocycles. The highest BCUT2D eigenvalue weighted by molar-refractivity contribution is 6.13. The minimum absolute atomic E-state index is 0.260. The second kappa shape index (κ2) is 9.78. The van der Waals surface area contributed by atoms with Crippen LogP contribution < -0.4 is 9.64 Å². The van der Waals surface area contributed by atoms with E-state index in [0.29, 0.717) is 11.3 Å². The molecule has 184 valence electrons. The van der Waals surface area contributed by atoms with E-state index in [4.69, 9.17) is 14.6 Å². The van der Waals surface area contributed by atoms with E-state index in [9.17, 15) is 4.79 Å². The van der Waals surface area contributed by atoms with Gasteiger partial charge in [0.25, 0.3) is 0 Å². The molecule has 37 heavy (non-hydrogen) atoms. The lowest BCUT2D eigenvalue weighted by Gasteiger charge is -2.20. The molecule has 0 spiro atoms. The quantitative estimate of drug-likeness (QED) is 0.248. The Labute approximate surface area is 215 Å². The number of aromatic nitrogens is 2. The van der Waals surface area contributed by atoms with Gasteiger partial charge in [0.1, 0.15) is 17.3 Å². The molecule has 0 saturated carbocycles. The van der Waals surface area contributed by atoms with Crippen LogP contribution in [0, 0.1) is 6.92 Å². The topological polar surface area (TPSA) is 69.0 Å². The number of hydrogen-bond donors (Lipinski definition) is 0. The lowest BCUT2D eigenvalue weighted by Crippen LogP contribution is -2.22. The highest BCUT2D eigenvalue weighted by Crippen LogP contribution is 2.33. The number of benzene rings is 3. The highest BCUT2D eigenvalue weighted by Gasteiger charge is 2.28. The predicted molar refractivity (Wildman–Crippen MR) is 143 cm³/mol. The average molecular weight is 491 g/mol. The van der Waals surface area contributed by atoms with Crippen molar-refractivity contribution in [2.24, 2.45) is 4.99 Å². The number of esters is 1. The maximum absolute atomic E-state index is 12.8. The SMILES string of the molecule is Cc1nn(-c2ccccc2)c(N2CCCC2)c1/C=C1/N=C(c2ccc(Oc3ccccc3)cc2)OC1=O. The Kier molecular flexibility index (Phi) is 6.02. The molecule has 0 unspecified atom stereocenters. The monoisotopic (exact) mass is 490 g/mol. The number of nitrogens with zero attached hydrogens (tertiary/aromatic N) is 4. The van der Waals surface area contributed by atoms with Crippen molar-refractivity contribution < 1.29 is 14.3 Å². The normalized spacial score (nSPS) is 16.2. The van der Waals surface area contributed by atoms with Crippen molar-refractivity contribution in [2.45, 2.75) is 19.8 Å². The van der Waals surface area contributed by atoms with Crippen LogP contribution in [0.4, 0.5) is 5.82 Å². The van der Waals surface area contributed by atoms with Crippen molar-refractivity contribution >= 4 is 23.8 Å². The van der Waals surface area contributed by atoms with Crippen LogP contribution in [0.3, 0.4) is 0 Å². The van der Waals surface area contributed by atoms with E-state index in [2.05, 4.69) is 9.89 Å². The van der Waals surface area contributed by atoms with Gasteiger partial charge in [0, 0.05) is 24.2 Å². The number of cyclic esters (lactones) is 1. The molecule has 3 heterocycles. The Balaban J connectivity index is 1.32. The third-order valence-electron chi connectivity index (χ3n) is 6.47. The van der Waals surface area contributed by atoms with Gasteiger partial charge >= 0.3 is 5.97 Å². The molecule has 7 heteroatoms. The maximum Gasteiger partial charge on any atom is 0.363 e. The smallest absolute Gasteiger partial charge is 0.363 e. The summed E-state index contributed by atoms with van der Waals surface area (Å²) < 4.78 is 13.4. The molecule has 6 rings (SSSR count). The van der Waals surface area contributed by atoms with Gasteiger partial charge in [0.05, 0.1) is 11.4 Å². The van der Waals surface area contributed by atoms with E-state index in [1.807, 2.05) is 96.5 Å². The molecule has 4 aromatic rings. The molecule has 1 fully saturated rings. The second-order valence-corrected chi connectivity index (χ2v) is 9.04. The van der Waals surface area contributed by atoms with Crippen molar-refractivity contribution in [3.8, 4) is 17.2 Å². The summed E-state index contributed by atoms with van der Waals surface area (Å²) in [5, 5.41) is 4.83. The number of carbonyl (C=O) groups excluding carboxylic acids is 1. The first-order valence-electron chi connectivity index (χ1n) is 12.4. The van der Waals surface area contributed by atoms with Gasteiger partial charge in [-0.2, -0.15) is 5.10 Å². The number of anilines is 1. The number of hydrogen-bond acceptors (Lipinski definition) is 6. The molecule has 0 N–H and O–H groups in total. The Bertz CT molecular complexity index is 1480. The fourth-order valence-electron chi connectivity index (χ4n) is 4.64. The molecule has 2 aliphatic rings. The fourth-order valence-corrected chi connectivity index (χ4v) is 4.64. The minimum atomic E-state index is -0.473. The van der Waals surface area contributed by atoms with Gasteiger partial charge in [0.15, 0.2) is 5.70 Å². The standard InChI is InChI=1S/C30H26N4O3/c1-21-26(29(33-18-8-9-19-33)34(32-21)23-10-4-2-5-11-23)20-27-30(35)37-28(31-27)22-14-16-25(17-15-22)36-24-12-6-3-7-13-24/h2-7,10-17,20H,8-9,18-19H2,1H3/b27-20+. The van der Waals surface area contributed by atoms with Crippen molar-refractivity contribution in [1.82, 2.24) is 9.78 Å². The Morgan fingerprint density at radius 2 is 1.51 bits per heavy atom. The van der Waals surface area contributed by atoms with E-state index in [1.165, 1.54) is 0 Å². The molecular weight excluding hydrogens is 464 g/mol. The molecule has 0 atom stereocenters. The lowest BCUT2D eigenvalue weighted by molar-refractivity contribution is -0.129. The average Bonchev–Trinajstić information content (AvgIpc) is 3.66. The summed E-state index contributed by atoms with van der Waals surface area (Å²) in [6.45, 7) is 3.86. The van der Waals surface area contributed by atoms with E-state index in [0.717, 1.165) is 54.4 Å². The maximum atomic E-state index is 12.8. The van der Waals surface area contributed by atoms with Crippen LogP contribution in [0.15, 0.2) is 95.6 Å². The van der Waals surface area contributed by atoms with Crippen LogP contribution in [-0.2, 0) is 9.53 Å². The zero-order valence-electron chi connectivity index (χ0n) is 20.5. The number of aryl methyl sites for hydroxylation is 1. The first kappa shape index (κ1) is 22.8. The summed E-state index contributed by atoms with van der Waals surface area (Å²) in [6.07, 6.45) is 4.06. The van der Waals surface area contributed by atoms with Crippen molar-refractivity contribution in [1.29, 1.82) is 0 Å². The summed E-state index contributed by atoms with van der Waals surface area (Å²) in [4.78, 5) is 19.7. The van der Waals surface area contributed by atoms with Gasteiger partial charge in [0.2, 0.25) is 5.90 Å². The molecule has 0 radical (unpaired) electrons. The lowest BCUT2D eigenvalue weighted by atomic mass is 10.2. The van der Waals surface area contributed by atoms with E-state index in [1.54, 1.807) is 6.08 Å². The van der Waals surface area contributed by atoms with Crippen LogP contribution in [0.25, 0.3) is 11.8 Å². The molecule has 7 nitrogen and oxygen atoms in total. The summed E-state index contributed by atoms with van der Waals surface area (Å²) in [7, 11) is 0. The Morgan fingerprint density at radius 1 is 0.865 bits per heavy atom. The van der Waals surface area contributed by atoms with Crippen LogP contribution in [-0.4, -0.2) is 34.7 Å². The zero-order chi connectivity index (χ0) is 25.2. The third-order valence-corrected chi connectivity index (χ3v) is 6.47. The minimum Gasteiger partial charge on any atom is -0.457 e. The van der Waals surface area contributed by atoms with Crippen LogP contribution in [0.5, 0.6) is 11.5 Å². The van der Waals surface area contributed by atoms with E-state index < -0.39 is 5.97 Å². The van der Waals surface area contributed by atoms with Gasteiger partial charge < -0.3 is 14.4 Å². The first-order chi connectivity index (χ1) is 18.2. The van der Waals surface area contributed by atoms with Gasteiger partial charge in [-0.3, -0.25) is 0 Å². The molecule has 1 aromatic heterocycles. The first-order valence-corrected chi connectivity index (χ1v) is 12.4. The van der Waals surface area contributed by atoms with Gasteiger partial charge in [-0.05, 0) is 74.4 Å². The van der Waals surface area contributed by atoms with Crippen LogP contribution in [0.2, 0.25) is 0 Å². The van der Waals surface area contributed by atoms with Crippen LogP contribution >= 0.6 is 0 Å². The summed E-state index contributed by atoms with van der Waals surface area (Å²) in [5.41, 5.74) is 3.66. The fraction of sp³-hybridized carbons (Fsp3) is 0.167. The van der Waals surface area contributed by atoms with Crippen molar-refractivity contribution in [2.75, 3.05) is 18.0 Å². The van der Waals surface area contributed by atoms with Crippen molar-refractivity contribution in [3.63, 3.8) is 0 Å². The highest BCUT2D eigenvalue weighted by atomic mass is 16.6. The number of ether oxygens (including phenoxy) is 2. The molecular formula is C30H26N4O3. The van der Waals surface area contributed by atoms with Gasteiger partial charge in [-0.25, -0.2) is 14.5 Å². The zero-order valence-corrected chi connectivity index (χ0v) is 20.5. The summed E-state index contributed by atoms with van der Waals surface area (Å²) in [6, 6.07) is 27.0. The molecule has 3 aromatic carbocycles. The van der Waals surface area contributed by atoms with Gasteiger partial charge in [-0.1, -0.05) is 36.4 Å². The third kappa shape index (κ3) is 4.63. The number of para-hydroxylation sites is 2. The molecule has 0 amide bonds. The second-order valence-electron chi connectivity index (χ2n) is 9.04. The number of carbonyl (C=O) groups is 1.